The highest BCUT2D eigenvalue weighted by Gasteiger charge is 2.20. The second-order valence-electron chi connectivity index (χ2n) is 4.40. The van der Waals surface area contributed by atoms with Gasteiger partial charge in [-0.25, -0.2) is 4.98 Å². The molecule has 1 amide bonds. The summed E-state index contributed by atoms with van der Waals surface area (Å²) in [5, 5.41) is 2.67. The number of rotatable bonds is 3. The number of amides is 1. The van der Waals surface area contributed by atoms with Crippen LogP contribution in [0.4, 0.5) is 10.8 Å². The molecule has 2 rings (SSSR count). The van der Waals surface area contributed by atoms with Crippen LogP contribution in [0, 0.1) is 13.8 Å². The zero-order chi connectivity index (χ0) is 14.0. The van der Waals surface area contributed by atoms with Gasteiger partial charge in [0.2, 0.25) is 0 Å². The lowest BCUT2D eigenvalue weighted by molar-refractivity contribution is 0.0987. The number of hydrogen-bond acceptors (Lipinski definition) is 4. The monoisotopic (exact) mass is 275 g/mol. The number of carbonyl (C=O) groups is 1. The average molecular weight is 275 g/mol. The minimum Gasteiger partial charge on any atom is -0.399 e. The molecular weight excluding hydrogens is 258 g/mol. The quantitative estimate of drug-likeness (QED) is 0.876. The van der Waals surface area contributed by atoms with E-state index in [1.807, 2.05) is 32.2 Å². The molecule has 100 valence electrons. The lowest BCUT2D eigenvalue weighted by Gasteiger charge is -2.19. The Bertz CT molecular complexity index is 606. The van der Waals surface area contributed by atoms with E-state index < -0.39 is 0 Å². The Morgan fingerprint density at radius 3 is 2.74 bits per heavy atom. The van der Waals surface area contributed by atoms with Gasteiger partial charge in [-0.05, 0) is 38.5 Å². The van der Waals surface area contributed by atoms with Crippen LogP contribution in [0.3, 0.4) is 0 Å². The summed E-state index contributed by atoms with van der Waals surface area (Å²) in [7, 11) is 0. The van der Waals surface area contributed by atoms with Gasteiger partial charge in [0.15, 0.2) is 5.13 Å². The third-order valence-corrected chi connectivity index (χ3v) is 3.87. The van der Waals surface area contributed by atoms with E-state index in [2.05, 4.69) is 4.98 Å². The van der Waals surface area contributed by atoms with Gasteiger partial charge in [-0.3, -0.25) is 9.69 Å². The van der Waals surface area contributed by atoms with Crippen LogP contribution in [0.15, 0.2) is 23.6 Å². The standard InChI is InChI=1S/C14H17N3OS/c1-4-17(14-16-10(3)8-19-14)13(18)12-7-11(15)6-5-9(12)2/h5-8H,4,15H2,1-3H3. The Labute approximate surface area is 116 Å². The smallest absolute Gasteiger partial charge is 0.260 e. The minimum absolute atomic E-state index is 0.0540. The van der Waals surface area contributed by atoms with E-state index in [-0.39, 0.29) is 5.91 Å². The lowest BCUT2D eigenvalue weighted by Crippen LogP contribution is -2.31. The van der Waals surface area contributed by atoms with E-state index in [1.54, 1.807) is 17.0 Å². The topological polar surface area (TPSA) is 59.2 Å². The first-order valence-corrected chi connectivity index (χ1v) is 7.01. The number of carbonyl (C=O) groups excluding carboxylic acids is 1. The van der Waals surface area contributed by atoms with Crippen LogP contribution in [-0.2, 0) is 0 Å². The van der Waals surface area contributed by atoms with Crippen molar-refractivity contribution in [3.05, 3.63) is 40.4 Å². The van der Waals surface area contributed by atoms with Crippen LogP contribution in [0.1, 0.15) is 28.5 Å². The number of hydrogen-bond donors (Lipinski definition) is 1. The summed E-state index contributed by atoms with van der Waals surface area (Å²) in [6, 6.07) is 5.39. The summed E-state index contributed by atoms with van der Waals surface area (Å²) in [5.41, 5.74) is 8.85. The van der Waals surface area contributed by atoms with E-state index in [1.165, 1.54) is 11.3 Å². The average Bonchev–Trinajstić information content (AvgIpc) is 2.79. The number of benzene rings is 1. The lowest BCUT2D eigenvalue weighted by atomic mass is 10.1. The zero-order valence-electron chi connectivity index (χ0n) is 11.3. The van der Waals surface area contributed by atoms with Crippen LogP contribution in [0.25, 0.3) is 0 Å². The molecule has 0 fully saturated rings. The molecule has 0 radical (unpaired) electrons. The summed E-state index contributed by atoms with van der Waals surface area (Å²) in [4.78, 5) is 18.6. The van der Waals surface area contributed by atoms with Crippen molar-refractivity contribution in [1.29, 1.82) is 0 Å². The van der Waals surface area contributed by atoms with Crippen molar-refractivity contribution in [3.63, 3.8) is 0 Å². The van der Waals surface area contributed by atoms with Crippen molar-refractivity contribution in [1.82, 2.24) is 4.98 Å². The first kappa shape index (κ1) is 13.5. The second kappa shape index (κ2) is 5.40. The highest BCUT2D eigenvalue weighted by molar-refractivity contribution is 7.14. The summed E-state index contributed by atoms with van der Waals surface area (Å²) < 4.78 is 0. The third-order valence-electron chi connectivity index (χ3n) is 2.89. The SMILES string of the molecule is CCN(C(=O)c1cc(N)ccc1C)c1nc(C)cs1. The molecule has 0 unspecified atom stereocenters. The number of nitrogens with two attached hydrogens (primary N) is 1. The van der Waals surface area contributed by atoms with E-state index in [0.717, 1.165) is 16.4 Å². The van der Waals surface area contributed by atoms with Crippen molar-refractivity contribution in [2.24, 2.45) is 0 Å². The number of thiazole rings is 1. The number of anilines is 2. The maximum absolute atomic E-state index is 12.6. The minimum atomic E-state index is -0.0540. The molecule has 0 bridgehead atoms. The molecule has 1 aromatic carbocycles. The molecule has 0 aliphatic heterocycles. The Kier molecular flexibility index (Phi) is 3.85. The third kappa shape index (κ3) is 2.76. The summed E-state index contributed by atoms with van der Waals surface area (Å²) in [6.07, 6.45) is 0. The molecule has 2 aromatic rings. The molecular formula is C14H17N3OS. The molecule has 0 atom stereocenters. The van der Waals surface area contributed by atoms with Crippen LogP contribution < -0.4 is 10.6 Å². The van der Waals surface area contributed by atoms with Gasteiger partial charge in [0.25, 0.3) is 5.91 Å². The highest BCUT2D eigenvalue weighted by Crippen LogP contribution is 2.23. The van der Waals surface area contributed by atoms with Crippen molar-refractivity contribution in [2.75, 3.05) is 17.2 Å². The predicted octanol–water partition coefficient (Wildman–Crippen LogP) is 3.01. The summed E-state index contributed by atoms with van der Waals surface area (Å²) in [6.45, 7) is 6.36. The van der Waals surface area contributed by atoms with Gasteiger partial charge >= 0.3 is 0 Å². The van der Waals surface area contributed by atoms with Gasteiger partial charge in [0, 0.05) is 23.2 Å². The van der Waals surface area contributed by atoms with Gasteiger partial charge < -0.3 is 5.73 Å². The van der Waals surface area contributed by atoms with Crippen LogP contribution in [0.2, 0.25) is 0 Å². The molecule has 4 nitrogen and oxygen atoms in total. The van der Waals surface area contributed by atoms with Gasteiger partial charge in [0.05, 0.1) is 5.69 Å². The molecule has 1 aromatic heterocycles. The highest BCUT2D eigenvalue weighted by atomic mass is 32.1. The predicted molar refractivity (Wildman–Crippen MR) is 79.8 cm³/mol. The van der Waals surface area contributed by atoms with Gasteiger partial charge in [0.1, 0.15) is 0 Å². The molecule has 0 saturated heterocycles. The van der Waals surface area contributed by atoms with Gasteiger partial charge in [-0.15, -0.1) is 11.3 Å². The Morgan fingerprint density at radius 2 is 2.16 bits per heavy atom. The molecule has 0 saturated carbocycles. The van der Waals surface area contributed by atoms with E-state index in [0.29, 0.717) is 17.8 Å². The Hall–Kier alpha value is -1.88. The first-order chi connectivity index (χ1) is 9.02. The fourth-order valence-electron chi connectivity index (χ4n) is 1.85. The Morgan fingerprint density at radius 1 is 1.42 bits per heavy atom. The summed E-state index contributed by atoms with van der Waals surface area (Å²) >= 11 is 1.48. The fourth-order valence-corrected chi connectivity index (χ4v) is 2.71. The van der Waals surface area contributed by atoms with Crippen LogP contribution in [-0.4, -0.2) is 17.4 Å². The number of nitrogen functional groups attached to an aromatic ring is 1. The van der Waals surface area contributed by atoms with Crippen LogP contribution in [0.5, 0.6) is 0 Å². The van der Waals surface area contributed by atoms with Gasteiger partial charge in [-0.2, -0.15) is 0 Å². The van der Waals surface area contributed by atoms with Crippen molar-refractivity contribution in [3.8, 4) is 0 Å². The number of aromatic nitrogens is 1. The Balaban J connectivity index is 2.38. The molecule has 2 N–H and O–H groups in total. The maximum Gasteiger partial charge on any atom is 0.260 e. The fraction of sp³-hybridized carbons (Fsp3) is 0.286. The number of nitrogens with zero attached hydrogens (tertiary/aromatic N) is 2. The molecule has 19 heavy (non-hydrogen) atoms. The van der Waals surface area contributed by atoms with Crippen molar-refractivity contribution >= 4 is 28.1 Å². The second-order valence-corrected chi connectivity index (χ2v) is 5.23. The molecule has 0 aliphatic rings. The molecule has 0 spiro atoms. The van der Waals surface area contributed by atoms with Crippen LogP contribution >= 0.6 is 11.3 Å². The van der Waals surface area contributed by atoms with Gasteiger partial charge in [-0.1, -0.05) is 6.07 Å². The van der Waals surface area contributed by atoms with Crippen molar-refractivity contribution in [2.45, 2.75) is 20.8 Å². The summed E-state index contributed by atoms with van der Waals surface area (Å²) in [5.74, 6) is -0.0540. The largest absolute Gasteiger partial charge is 0.399 e. The van der Waals surface area contributed by atoms with E-state index in [9.17, 15) is 4.79 Å². The molecule has 0 aliphatic carbocycles. The van der Waals surface area contributed by atoms with Crippen molar-refractivity contribution < 1.29 is 4.79 Å². The maximum atomic E-state index is 12.6. The van der Waals surface area contributed by atoms with E-state index >= 15 is 0 Å². The molecule has 5 heteroatoms. The first-order valence-electron chi connectivity index (χ1n) is 6.13. The molecule has 1 heterocycles. The normalized spacial score (nSPS) is 10.5. The zero-order valence-corrected chi connectivity index (χ0v) is 12.1. The van der Waals surface area contributed by atoms with E-state index in [4.69, 9.17) is 5.73 Å². The number of aryl methyl sites for hydroxylation is 2.